The second-order valence-corrected chi connectivity index (χ2v) is 12.4. The lowest BCUT2D eigenvalue weighted by Crippen LogP contribution is -2.69. The van der Waals surface area contributed by atoms with Crippen molar-refractivity contribution in [2.75, 3.05) is 39.6 Å². The van der Waals surface area contributed by atoms with Gasteiger partial charge in [0, 0.05) is 11.8 Å². The highest BCUT2D eigenvalue weighted by molar-refractivity contribution is 7.87. The molecule has 4 aliphatic carbocycles. The lowest BCUT2D eigenvalue weighted by atomic mass is 9.51. The van der Waals surface area contributed by atoms with Gasteiger partial charge in [0.25, 0.3) is 0 Å². The Balaban J connectivity index is 1.18. The molecule has 0 aromatic rings. The van der Waals surface area contributed by atoms with Crippen LogP contribution in [-0.4, -0.2) is 79.4 Å². The van der Waals surface area contributed by atoms with Crippen LogP contribution in [-0.2, 0) is 53.6 Å². The smallest absolute Gasteiger partial charge is 0.458 e. The van der Waals surface area contributed by atoms with Crippen LogP contribution in [0.25, 0.3) is 0 Å². The summed E-state index contributed by atoms with van der Waals surface area (Å²) in [5.41, 5.74) is -1.04. The summed E-state index contributed by atoms with van der Waals surface area (Å²) in [6.07, 6.45) is 3.84. The predicted molar refractivity (Wildman–Crippen MR) is 107 cm³/mol. The molecule has 0 aromatic heterocycles. The lowest BCUT2D eigenvalue weighted by Gasteiger charge is -2.65. The third kappa shape index (κ3) is 4.11. The van der Waals surface area contributed by atoms with Crippen molar-refractivity contribution in [1.82, 2.24) is 0 Å². The zero-order valence-electron chi connectivity index (χ0n) is 18.1. The van der Waals surface area contributed by atoms with Crippen molar-refractivity contribution in [3.05, 3.63) is 0 Å². The minimum Gasteiger partial charge on any atom is -0.458 e. The van der Waals surface area contributed by atoms with E-state index >= 15 is 0 Å². The number of carbonyl (C=O) groups excluding carboxylic acids is 1. The third-order valence-electron chi connectivity index (χ3n) is 7.69. The molecule has 15 heteroatoms. The highest BCUT2D eigenvalue weighted by atomic mass is 32.2. The van der Waals surface area contributed by atoms with Gasteiger partial charge >= 0.3 is 32.7 Å². The van der Waals surface area contributed by atoms with E-state index in [1.165, 1.54) is 0 Å². The van der Waals surface area contributed by atoms with E-state index in [0.29, 0.717) is 32.0 Å². The fourth-order valence-electron chi connectivity index (χ4n) is 6.29. The second-order valence-electron chi connectivity index (χ2n) is 10.0. The molecule has 2 heterocycles. The molecular formula is C19H26F2O11S2. The Hall–Kier alpha value is -0.810. The van der Waals surface area contributed by atoms with Crippen LogP contribution in [0.5, 0.6) is 0 Å². The first-order valence-corrected chi connectivity index (χ1v) is 13.5. The topological polar surface area (TPSA) is 144 Å². The molecule has 2 saturated heterocycles. The van der Waals surface area contributed by atoms with E-state index in [2.05, 4.69) is 4.74 Å². The lowest BCUT2D eigenvalue weighted by molar-refractivity contribution is -0.399. The standard InChI is InChI=1S/C19H26F2O11S2/c20-19(21,34(24,25)26)15(22)27-1-2-28-17-5-12-3-13(6-17)18(14(4-12)7-17)29-8-16(9-30-18)10-31-33(23)32-11-16/h12-14H,1-11H2,(H,24,25,26). The molecule has 2 atom stereocenters. The van der Waals surface area contributed by atoms with Crippen molar-refractivity contribution >= 4 is 27.4 Å². The van der Waals surface area contributed by atoms with Gasteiger partial charge in [-0.05, 0) is 38.0 Å². The zero-order valence-corrected chi connectivity index (χ0v) is 19.7. The van der Waals surface area contributed by atoms with E-state index in [0.717, 1.165) is 19.3 Å². The number of hydrogen-bond acceptors (Lipinski definition) is 10. The van der Waals surface area contributed by atoms with Gasteiger partial charge in [0.15, 0.2) is 5.79 Å². The monoisotopic (exact) mass is 532 g/mol. The first kappa shape index (κ1) is 24.9. The summed E-state index contributed by atoms with van der Waals surface area (Å²) in [4.78, 5) is 11.3. The molecule has 2 aliphatic heterocycles. The molecular weight excluding hydrogens is 506 g/mol. The number of hydrogen-bond donors (Lipinski definition) is 1. The maximum absolute atomic E-state index is 13.3. The van der Waals surface area contributed by atoms with Gasteiger partial charge < -0.3 is 18.9 Å². The normalized spacial score (nSPS) is 44.0. The van der Waals surface area contributed by atoms with E-state index in [1.54, 1.807) is 0 Å². The van der Waals surface area contributed by atoms with Crippen LogP contribution in [0.15, 0.2) is 0 Å². The Morgan fingerprint density at radius 2 is 1.62 bits per heavy atom. The average molecular weight is 533 g/mol. The molecule has 6 rings (SSSR count). The van der Waals surface area contributed by atoms with E-state index in [-0.39, 0.29) is 31.7 Å². The molecule has 0 radical (unpaired) electrons. The zero-order chi connectivity index (χ0) is 24.4. The summed E-state index contributed by atoms with van der Waals surface area (Å²) < 4.78 is 101. The summed E-state index contributed by atoms with van der Waals surface area (Å²) in [6.45, 7) is 0.379. The van der Waals surface area contributed by atoms with Gasteiger partial charge in [-0.25, -0.2) is 4.79 Å². The molecule has 2 unspecified atom stereocenters. The second kappa shape index (κ2) is 8.36. The Morgan fingerprint density at radius 1 is 1.03 bits per heavy atom. The highest BCUT2D eigenvalue weighted by Gasteiger charge is 2.66. The summed E-state index contributed by atoms with van der Waals surface area (Å²) in [5.74, 6) is -2.60. The van der Waals surface area contributed by atoms with Crippen LogP contribution in [0, 0.1) is 23.2 Å². The van der Waals surface area contributed by atoms with Gasteiger partial charge in [-0.1, -0.05) is 0 Å². The quantitative estimate of drug-likeness (QED) is 0.297. The van der Waals surface area contributed by atoms with Crippen LogP contribution < -0.4 is 0 Å². The van der Waals surface area contributed by atoms with Gasteiger partial charge in [0.1, 0.15) is 6.61 Å². The number of halogens is 2. The molecule has 2 spiro atoms. The van der Waals surface area contributed by atoms with Gasteiger partial charge in [-0.3, -0.25) is 12.9 Å². The maximum Gasteiger partial charge on any atom is 0.465 e. The van der Waals surface area contributed by atoms with E-state index < -0.39 is 56.1 Å². The molecule has 34 heavy (non-hydrogen) atoms. The molecule has 6 aliphatic rings. The molecule has 1 N–H and O–H groups in total. The molecule has 0 aromatic carbocycles. The van der Waals surface area contributed by atoms with Crippen LogP contribution in [0.3, 0.4) is 0 Å². The van der Waals surface area contributed by atoms with E-state index in [9.17, 15) is 26.2 Å². The van der Waals surface area contributed by atoms with Crippen LogP contribution >= 0.6 is 0 Å². The molecule has 6 fully saturated rings. The predicted octanol–water partition coefficient (Wildman–Crippen LogP) is 0.961. The molecule has 11 nitrogen and oxygen atoms in total. The van der Waals surface area contributed by atoms with Crippen LogP contribution in [0.4, 0.5) is 8.78 Å². The largest absolute Gasteiger partial charge is 0.465 e. The number of rotatable bonds is 6. The maximum atomic E-state index is 13.3. The fraction of sp³-hybridized carbons (Fsp3) is 0.947. The SMILES string of the molecule is O=C(OCCOC12CC3CC(C1)C1(OCC4(COS(=O)OC4)CO1)C(C3)C2)C(F)(F)S(=O)(=O)O. The summed E-state index contributed by atoms with van der Waals surface area (Å²) in [7, 11) is -5.91. The molecule has 4 bridgehead atoms. The minimum atomic E-state index is -5.91. The number of ether oxygens (including phenoxy) is 4. The van der Waals surface area contributed by atoms with Crippen LogP contribution in [0.2, 0.25) is 0 Å². The number of esters is 1. The van der Waals surface area contributed by atoms with E-state index in [1.807, 2.05) is 0 Å². The number of alkyl halides is 2. The Morgan fingerprint density at radius 3 is 2.18 bits per heavy atom. The van der Waals surface area contributed by atoms with Crippen molar-refractivity contribution in [3.8, 4) is 0 Å². The summed E-state index contributed by atoms with van der Waals surface area (Å²) in [6, 6.07) is 0. The van der Waals surface area contributed by atoms with Gasteiger partial charge in [-0.2, -0.15) is 21.4 Å². The fourth-order valence-corrected chi connectivity index (χ4v) is 7.32. The highest BCUT2D eigenvalue weighted by Crippen LogP contribution is 2.63. The minimum absolute atomic E-state index is 0.0575. The van der Waals surface area contributed by atoms with Crippen molar-refractivity contribution in [3.63, 3.8) is 0 Å². The van der Waals surface area contributed by atoms with Crippen molar-refractivity contribution in [1.29, 1.82) is 0 Å². The molecule has 194 valence electrons. The molecule has 4 saturated carbocycles. The van der Waals surface area contributed by atoms with Crippen molar-refractivity contribution < 1.29 is 58.1 Å². The van der Waals surface area contributed by atoms with Gasteiger partial charge in [-0.15, -0.1) is 0 Å². The Labute approximate surface area is 197 Å². The first-order chi connectivity index (χ1) is 15.9. The Bertz CT molecular complexity index is 933. The molecule has 0 amide bonds. The first-order valence-electron chi connectivity index (χ1n) is 11.0. The number of carbonyl (C=O) groups is 1. The van der Waals surface area contributed by atoms with Gasteiger partial charge in [0.2, 0.25) is 0 Å². The average Bonchev–Trinajstić information content (AvgIpc) is 2.77. The summed E-state index contributed by atoms with van der Waals surface area (Å²) in [5, 5.41) is -5.03. The van der Waals surface area contributed by atoms with E-state index in [4.69, 9.17) is 27.1 Å². The third-order valence-corrected chi connectivity index (χ3v) is 9.12. The van der Waals surface area contributed by atoms with Crippen molar-refractivity contribution in [2.24, 2.45) is 23.2 Å². The van der Waals surface area contributed by atoms with Crippen LogP contribution in [0.1, 0.15) is 32.1 Å². The summed E-state index contributed by atoms with van der Waals surface area (Å²) >= 11 is -1.75. The van der Waals surface area contributed by atoms with Gasteiger partial charge in [0.05, 0.1) is 44.1 Å². The van der Waals surface area contributed by atoms with Crippen molar-refractivity contribution in [2.45, 2.75) is 48.7 Å². The Kier molecular flexibility index (Phi) is 6.12.